The SMILES string of the molecule is O=C(O)c1cccc2c1CN1C2=C2CCOC2C2CCCCC21. The maximum absolute atomic E-state index is 11.6. The first kappa shape index (κ1) is 13.6. The Morgan fingerprint density at radius 1 is 1.26 bits per heavy atom. The van der Waals surface area contributed by atoms with Gasteiger partial charge in [0.05, 0.1) is 18.3 Å². The lowest BCUT2D eigenvalue weighted by atomic mass is 9.74. The average molecular weight is 311 g/mol. The van der Waals surface area contributed by atoms with Crippen LogP contribution in [0.15, 0.2) is 23.8 Å². The van der Waals surface area contributed by atoms with E-state index in [2.05, 4.69) is 11.0 Å². The molecule has 3 atom stereocenters. The number of carboxylic acid groups (broad SMARTS) is 1. The molecule has 1 aliphatic carbocycles. The van der Waals surface area contributed by atoms with Crippen LogP contribution in [0.25, 0.3) is 5.70 Å². The quantitative estimate of drug-likeness (QED) is 0.865. The number of carboxylic acids is 1. The summed E-state index contributed by atoms with van der Waals surface area (Å²) in [5, 5.41) is 9.54. The van der Waals surface area contributed by atoms with Gasteiger partial charge in [0.2, 0.25) is 0 Å². The third-order valence-corrected chi connectivity index (χ3v) is 6.16. The summed E-state index contributed by atoms with van der Waals surface area (Å²) < 4.78 is 6.13. The molecule has 120 valence electrons. The minimum absolute atomic E-state index is 0.269. The van der Waals surface area contributed by atoms with Gasteiger partial charge in [-0.15, -0.1) is 0 Å². The van der Waals surface area contributed by atoms with E-state index in [1.165, 1.54) is 37.0 Å². The van der Waals surface area contributed by atoms with E-state index in [9.17, 15) is 9.90 Å². The fourth-order valence-corrected chi connectivity index (χ4v) is 5.28. The van der Waals surface area contributed by atoms with E-state index in [4.69, 9.17) is 4.74 Å². The fourth-order valence-electron chi connectivity index (χ4n) is 5.28. The van der Waals surface area contributed by atoms with Crippen LogP contribution >= 0.6 is 0 Å². The highest BCUT2D eigenvalue weighted by molar-refractivity contribution is 5.93. The second-order valence-electron chi connectivity index (χ2n) is 7.20. The van der Waals surface area contributed by atoms with E-state index < -0.39 is 5.97 Å². The molecule has 3 unspecified atom stereocenters. The highest BCUT2D eigenvalue weighted by atomic mass is 16.5. The molecule has 0 spiro atoms. The number of aromatic carboxylic acids is 1. The van der Waals surface area contributed by atoms with Crippen LogP contribution in [0.3, 0.4) is 0 Å². The molecular formula is C19H21NO3. The van der Waals surface area contributed by atoms with Crippen molar-refractivity contribution in [3.05, 3.63) is 40.5 Å². The second-order valence-corrected chi connectivity index (χ2v) is 7.20. The molecule has 0 radical (unpaired) electrons. The number of carbonyl (C=O) groups is 1. The molecule has 5 rings (SSSR count). The summed E-state index contributed by atoms with van der Waals surface area (Å²) in [5.41, 5.74) is 5.33. The second kappa shape index (κ2) is 4.84. The topological polar surface area (TPSA) is 49.8 Å². The van der Waals surface area contributed by atoms with Crippen molar-refractivity contribution in [2.45, 2.75) is 50.8 Å². The van der Waals surface area contributed by atoms with Gasteiger partial charge < -0.3 is 14.7 Å². The molecule has 4 heteroatoms. The summed E-state index contributed by atoms with van der Waals surface area (Å²) in [4.78, 5) is 14.1. The van der Waals surface area contributed by atoms with Crippen molar-refractivity contribution >= 4 is 11.7 Å². The molecule has 0 amide bonds. The number of ether oxygens (including phenoxy) is 1. The van der Waals surface area contributed by atoms with Crippen molar-refractivity contribution < 1.29 is 14.6 Å². The first-order chi connectivity index (χ1) is 11.3. The third-order valence-electron chi connectivity index (χ3n) is 6.16. The number of hydrogen-bond donors (Lipinski definition) is 1. The molecule has 1 aromatic carbocycles. The van der Waals surface area contributed by atoms with E-state index in [1.807, 2.05) is 6.07 Å². The molecule has 4 aliphatic rings. The number of fused-ring (bicyclic) bond motifs is 7. The van der Waals surface area contributed by atoms with Crippen LogP contribution in [-0.4, -0.2) is 34.7 Å². The summed E-state index contributed by atoms with van der Waals surface area (Å²) in [5.74, 6) is -0.223. The highest BCUT2D eigenvalue weighted by Gasteiger charge is 2.48. The molecule has 3 aliphatic heterocycles. The average Bonchev–Trinajstić information content (AvgIpc) is 3.18. The fraction of sp³-hybridized carbons (Fsp3) is 0.526. The summed E-state index contributed by atoms with van der Waals surface area (Å²) in [6, 6.07) is 6.24. The molecule has 1 aromatic rings. The smallest absolute Gasteiger partial charge is 0.336 e. The molecule has 1 N–H and O–H groups in total. The molecule has 1 saturated carbocycles. The Morgan fingerprint density at radius 2 is 2.13 bits per heavy atom. The Kier molecular flexibility index (Phi) is 2.87. The molecule has 3 heterocycles. The Hall–Kier alpha value is -1.81. The van der Waals surface area contributed by atoms with Crippen molar-refractivity contribution in [3.8, 4) is 0 Å². The van der Waals surface area contributed by atoms with Gasteiger partial charge in [-0.05, 0) is 36.5 Å². The zero-order valence-corrected chi connectivity index (χ0v) is 13.1. The van der Waals surface area contributed by atoms with Gasteiger partial charge in [-0.1, -0.05) is 25.0 Å². The van der Waals surface area contributed by atoms with Gasteiger partial charge in [0.15, 0.2) is 0 Å². The molecule has 0 bridgehead atoms. The van der Waals surface area contributed by atoms with Gasteiger partial charge in [-0.2, -0.15) is 0 Å². The van der Waals surface area contributed by atoms with Crippen LogP contribution < -0.4 is 0 Å². The molecule has 23 heavy (non-hydrogen) atoms. The normalized spacial score (nSPS) is 31.5. The van der Waals surface area contributed by atoms with E-state index in [1.54, 1.807) is 6.07 Å². The van der Waals surface area contributed by atoms with Crippen LogP contribution in [0, 0.1) is 5.92 Å². The lowest BCUT2D eigenvalue weighted by molar-refractivity contribution is 0.0135. The molecule has 0 aromatic heterocycles. The van der Waals surface area contributed by atoms with Crippen LogP contribution in [0.2, 0.25) is 0 Å². The first-order valence-electron chi connectivity index (χ1n) is 8.72. The first-order valence-corrected chi connectivity index (χ1v) is 8.72. The molecular weight excluding hydrogens is 290 g/mol. The number of rotatable bonds is 1. The lowest BCUT2D eigenvalue weighted by Gasteiger charge is -2.46. The maximum atomic E-state index is 11.6. The van der Waals surface area contributed by atoms with Gasteiger partial charge in [0, 0.05) is 29.8 Å². The minimum Gasteiger partial charge on any atom is -0.478 e. The van der Waals surface area contributed by atoms with Crippen molar-refractivity contribution in [1.82, 2.24) is 4.90 Å². The maximum Gasteiger partial charge on any atom is 0.336 e. The Bertz CT molecular complexity index is 723. The van der Waals surface area contributed by atoms with Gasteiger partial charge in [0.1, 0.15) is 0 Å². The Morgan fingerprint density at radius 3 is 3.00 bits per heavy atom. The zero-order chi connectivity index (χ0) is 15.6. The van der Waals surface area contributed by atoms with Crippen LogP contribution in [-0.2, 0) is 11.3 Å². The van der Waals surface area contributed by atoms with Gasteiger partial charge >= 0.3 is 5.97 Å². The predicted molar refractivity (Wildman–Crippen MR) is 86.0 cm³/mol. The van der Waals surface area contributed by atoms with Gasteiger partial charge in [-0.3, -0.25) is 0 Å². The summed E-state index contributed by atoms with van der Waals surface area (Å²) in [7, 11) is 0. The lowest BCUT2D eigenvalue weighted by Crippen LogP contribution is -2.48. The summed E-state index contributed by atoms with van der Waals surface area (Å²) >= 11 is 0. The van der Waals surface area contributed by atoms with E-state index in [0.29, 0.717) is 17.5 Å². The number of hydrogen-bond acceptors (Lipinski definition) is 3. The molecule has 1 saturated heterocycles. The van der Waals surface area contributed by atoms with Crippen LogP contribution in [0.1, 0.15) is 53.6 Å². The molecule has 4 nitrogen and oxygen atoms in total. The van der Waals surface area contributed by atoms with Crippen molar-refractivity contribution in [3.63, 3.8) is 0 Å². The van der Waals surface area contributed by atoms with Gasteiger partial charge in [0.25, 0.3) is 0 Å². The zero-order valence-electron chi connectivity index (χ0n) is 13.1. The van der Waals surface area contributed by atoms with Crippen molar-refractivity contribution in [2.75, 3.05) is 6.61 Å². The van der Waals surface area contributed by atoms with E-state index >= 15 is 0 Å². The Balaban J connectivity index is 1.70. The monoisotopic (exact) mass is 311 g/mol. The summed E-state index contributed by atoms with van der Waals surface area (Å²) in [6.45, 7) is 1.57. The molecule has 2 fully saturated rings. The Labute approximate surface area is 135 Å². The highest BCUT2D eigenvalue weighted by Crippen LogP contribution is 2.51. The minimum atomic E-state index is -0.813. The number of benzene rings is 1. The van der Waals surface area contributed by atoms with Crippen molar-refractivity contribution in [1.29, 1.82) is 0 Å². The van der Waals surface area contributed by atoms with Crippen LogP contribution in [0.5, 0.6) is 0 Å². The van der Waals surface area contributed by atoms with E-state index in [0.717, 1.165) is 30.7 Å². The standard InChI is InChI=1S/C19H21NO3/c21-19(22)12-6-3-5-11-15(12)10-20-16-7-2-1-4-13(16)18-14(17(11)20)8-9-23-18/h3,5-6,13,16,18H,1-2,4,7-10H2,(H,21,22). The predicted octanol–water partition coefficient (Wildman–Crippen LogP) is 3.27. The third kappa shape index (κ3) is 1.78. The van der Waals surface area contributed by atoms with Crippen LogP contribution in [0.4, 0.5) is 0 Å². The van der Waals surface area contributed by atoms with Gasteiger partial charge in [-0.25, -0.2) is 4.79 Å². The van der Waals surface area contributed by atoms with E-state index in [-0.39, 0.29) is 6.10 Å². The van der Waals surface area contributed by atoms with Crippen molar-refractivity contribution in [2.24, 2.45) is 5.92 Å². The summed E-state index contributed by atoms with van der Waals surface area (Å²) in [6.07, 6.45) is 6.28. The number of nitrogens with zero attached hydrogens (tertiary/aromatic N) is 1. The largest absolute Gasteiger partial charge is 0.478 e.